The zero-order valence-electron chi connectivity index (χ0n) is 14.4. The maximum absolute atomic E-state index is 12.8. The fourth-order valence-corrected chi connectivity index (χ4v) is 3.83. The van der Waals surface area contributed by atoms with Crippen molar-refractivity contribution in [3.8, 4) is 0 Å². The van der Waals surface area contributed by atoms with Crippen LogP contribution in [-0.2, 0) is 0 Å². The first-order valence-electron chi connectivity index (χ1n) is 8.65. The van der Waals surface area contributed by atoms with Gasteiger partial charge in [0.2, 0.25) is 5.95 Å². The first-order valence-corrected chi connectivity index (χ1v) is 9.53. The van der Waals surface area contributed by atoms with Gasteiger partial charge in [0.25, 0.3) is 5.91 Å². The second kappa shape index (κ2) is 7.35. The molecule has 3 N–H and O–H groups in total. The van der Waals surface area contributed by atoms with E-state index in [0.717, 1.165) is 35.4 Å². The molecule has 3 aromatic rings. The molecule has 4 heterocycles. The van der Waals surface area contributed by atoms with Crippen molar-refractivity contribution in [3.63, 3.8) is 0 Å². The number of nitrogens with one attached hydrogen (secondary N) is 3. The number of rotatable bonds is 5. The first kappa shape index (κ1) is 16.9. The number of nitrogens with zero attached hydrogens (tertiary/aromatic N) is 3. The zero-order chi connectivity index (χ0) is 17.9. The predicted octanol–water partition coefficient (Wildman–Crippen LogP) is 2.35. The molecule has 26 heavy (non-hydrogen) atoms. The molecule has 0 saturated carbocycles. The largest absolute Gasteiger partial charge is 0.347 e. The summed E-state index contributed by atoms with van der Waals surface area (Å²) in [5.74, 6) is 0.283. The van der Waals surface area contributed by atoms with Gasteiger partial charge in [0.15, 0.2) is 5.69 Å². The number of carbonyl (C=O) groups excluding carboxylic acids is 1. The Morgan fingerprint density at radius 3 is 3.04 bits per heavy atom. The predicted molar refractivity (Wildman–Crippen MR) is 102 cm³/mol. The highest BCUT2D eigenvalue weighted by molar-refractivity contribution is 7.17. The van der Waals surface area contributed by atoms with Crippen LogP contribution >= 0.6 is 11.3 Å². The molecule has 1 unspecified atom stereocenters. The molecule has 1 amide bonds. The minimum Gasteiger partial charge on any atom is -0.347 e. The van der Waals surface area contributed by atoms with Crippen LogP contribution < -0.4 is 16.0 Å². The molecule has 7 nitrogen and oxygen atoms in total. The number of hydrogen-bond donors (Lipinski definition) is 3. The number of hydrogen-bond acceptors (Lipinski definition) is 7. The topological polar surface area (TPSA) is 91.8 Å². The number of thiophene rings is 1. The van der Waals surface area contributed by atoms with Gasteiger partial charge in [-0.05, 0) is 43.5 Å². The Kier molecular flexibility index (Phi) is 4.77. The van der Waals surface area contributed by atoms with Crippen molar-refractivity contribution >= 4 is 33.4 Å². The van der Waals surface area contributed by atoms with E-state index in [0.29, 0.717) is 11.6 Å². The van der Waals surface area contributed by atoms with E-state index in [1.165, 1.54) is 11.3 Å². The minimum atomic E-state index is -0.151. The van der Waals surface area contributed by atoms with Gasteiger partial charge in [-0.3, -0.25) is 9.78 Å². The van der Waals surface area contributed by atoms with Crippen LogP contribution in [0, 0.1) is 0 Å². The molecular formula is C18H20N6OS. The van der Waals surface area contributed by atoms with Crippen LogP contribution in [-0.4, -0.2) is 40.0 Å². The van der Waals surface area contributed by atoms with Crippen molar-refractivity contribution in [1.29, 1.82) is 0 Å². The van der Waals surface area contributed by atoms with Crippen LogP contribution in [0.1, 0.15) is 35.6 Å². The molecule has 134 valence electrons. The summed E-state index contributed by atoms with van der Waals surface area (Å²) in [6.45, 7) is 3.72. The SMILES string of the molecule is C[C@H](Nc1nc(C(=O)NC2CCNC2)c2sccc2n1)c1ccccn1. The summed E-state index contributed by atoms with van der Waals surface area (Å²) in [6, 6.07) is 7.76. The molecular weight excluding hydrogens is 348 g/mol. The molecule has 0 spiro atoms. The van der Waals surface area contributed by atoms with Gasteiger partial charge in [0.05, 0.1) is 22.0 Å². The van der Waals surface area contributed by atoms with Crippen molar-refractivity contribution in [1.82, 2.24) is 25.6 Å². The Bertz CT molecular complexity index is 906. The van der Waals surface area contributed by atoms with E-state index in [2.05, 4.69) is 30.9 Å². The van der Waals surface area contributed by atoms with Crippen molar-refractivity contribution in [2.24, 2.45) is 0 Å². The smallest absolute Gasteiger partial charge is 0.271 e. The quantitative estimate of drug-likeness (QED) is 0.640. The molecule has 4 rings (SSSR count). The Hall–Kier alpha value is -2.58. The summed E-state index contributed by atoms with van der Waals surface area (Å²) in [7, 11) is 0. The summed E-state index contributed by atoms with van der Waals surface area (Å²) in [6.07, 6.45) is 2.69. The second-order valence-electron chi connectivity index (χ2n) is 6.31. The van der Waals surface area contributed by atoms with Crippen molar-refractivity contribution < 1.29 is 4.79 Å². The lowest BCUT2D eigenvalue weighted by molar-refractivity contribution is 0.0937. The fraction of sp³-hybridized carbons (Fsp3) is 0.333. The van der Waals surface area contributed by atoms with E-state index in [9.17, 15) is 4.79 Å². The molecule has 0 bridgehead atoms. The number of anilines is 1. The van der Waals surface area contributed by atoms with Gasteiger partial charge >= 0.3 is 0 Å². The Labute approximate surface area is 155 Å². The van der Waals surface area contributed by atoms with Crippen LogP contribution in [0.3, 0.4) is 0 Å². The average molecular weight is 368 g/mol. The van der Waals surface area contributed by atoms with Crippen molar-refractivity contribution in [3.05, 3.63) is 47.2 Å². The number of pyridine rings is 1. The van der Waals surface area contributed by atoms with Crippen LogP contribution in [0.2, 0.25) is 0 Å². The minimum absolute atomic E-state index is 0.0674. The van der Waals surface area contributed by atoms with Gasteiger partial charge < -0.3 is 16.0 Å². The number of amides is 1. The van der Waals surface area contributed by atoms with Gasteiger partial charge in [-0.1, -0.05) is 6.07 Å². The highest BCUT2D eigenvalue weighted by atomic mass is 32.1. The third kappa shape index (κ3) is 3.51. The van der Waals surface area contributed by atoms with Crippen molar-refractivity contribution in [2.75, 3.05) is 18.4 Å². The number of fused-ring (bicyclic) bond motifs is 1. The van der Waals surface area contributed by atoms with Gasteiger partial charge in [-0.2, -0.15) is 0 Å². The number of carbonyl (C=O) groups is 1. The highest BCUT2D eigenvalue weighted by Gasteiger charge is 2.22. The molecule has 2 atom stereocenters. The van der Waals surface area contributed by atoms with Gasteiger partial charge in [0, 0.05) is 18.8 Å². The lowest BCUT2D eigenvalue weighted by Gasteiger charge is -2.15. The van der Waals surface area contributed by atoms with E-state index in [4.69, 9.17) is 0 Å². The lowest BCUT2D eigenvalue weighted by atomic mass is 10.2. The molecule has 1 aliphatic heterocycles. The monoisotopic (exact) mass is 368 g/mol. The van der Waals surface area contributed by atoms with Crippen LogP contribution in [0.4, 0.5) is 5.95 Å². The van der Waals surface area contributed by atoms with E-state index in [1.807, 2.05) is 36.6 Å². The molecule has 0 radical (unpaired) electrons. The number of aromatic nitrogens is 3. The fourth-order valence-electron chi connectivity index (χ4n) is 3.01. The average Bonchev–Trinajstić information content (AvgIpc) is 3.33. The van der Waals surface area contributed by atoms with Gasteiger partial charge in [-0.25, -0.2) is 9.97 Å². The van der Waals surface area contributed by atoms with Crippen LogP contribution in [0.25, 0.3) is 10.2 Å². The molecule has 8 heteroatoms. The molecule has 0 aromatic carbocycles. The third-order valence-corrected chi connectivity index (χ3v) is 5.30. The zero-order valence-corrected chi connectivity index (χ0v) is 15.2. The Balaban J connectivity index is 1.60. The Morgan fingerprint density at radius 1 is 1.35 bits per heavy atom. The molecule has 1 aliphatic rings. The summed E-state index contributed by atoms with van der Waals surface area (Å²) in [4.78, 5) is 26.2. The normalized spacial score (nSPS) is 18.0. The van der Waals surface area contributed by atoms with Crippen LogP contribution in [0.5, 0.6) is 0 Å². The van der Waals surface area contributed by atoms with Crippen LogP contribution in [0.15, 0.2) is 35.8 Å². The standard InChI is InChI=1S/C18H20N6OS/c1-11(13-4-2-3-7-20-13)21-18-23-14-6-9-26-16(14)15(24-18)17(25)22-12-5-8-19-10-12/h2-4,6-7,9,11-12,19H,5,8,10H2,1H3,(H,22,25)(H,21,23,24)/t11-,12?/m0/s1. The Morgan fingerprint density at radius 2 is 2.27 bits per heavy atom. The van der Waals surface area contributed by atoms with E-state index in [1.54, 1.807) is 6.20 Å². The molecule has 1 saturated heterocycles. The van der Waals surface area contributed by atoms with E-state index < -0.39 is 0 Å². The second-order valence-corrected chi connectivity index (χ2v) is 7.23. The highest BCUT2D eigenvalue weighted by Crippen LogP contribution is 2.25. The summed E-state index contributed by atoms with van der Waals surface area (Å²) >= 11 is 1.48. The molecule has 3 aromatic heterocycles. The van der Waals surface area contributed by atoms with Crippen molar-refractivity contribution in [2.45, 2.75) is 25.4 Å². The summed E-state index contributed by atoms with van der Waals surface area (Å²) in [5.41, 5.74) is 2.09. The maximum Gasteiger partial charge on any atom is 0.271 e. The summed E-state index contributed by atoms with van der Waals surface area (Å²) in [5, 5.41) is 11.5. The lowest BCUT2D eigenvalue weighted by Crippen LogP contribution is -2.36. The molecule has 1 fully saturated rings. The van der Waals surface area contributed by atoms with E-state index >= 15 is 0 Å². The third-order valence-electron chi connectivity index (χ3n) is 4.39. The molecule has 0 aliphatic carbocycles. The van der Waals surface area contributed by atoms with E-state index in [-0.39, 0.29) is 18.0 Å². The van der Waals surface area contributed by atoms with Gasteiger partial charge in [0.1, 0.15) is 0 Å². The first-order chi connectivity index (χ1) is 12.7. The summed E-state index contributed by atoms with van der Waals surface area (Å²) < 4.78 is 0.810. The van der Waals surface area contributed by atoms with Gasteiger partial charge in [-0.15, -0.1) is 11.3 Å². The maximum atomic E-state index is 12.8.